The molecule has 0 fully saturated rings. The number of nitrogen functional groups attached to an aromatic ring is 1. The van der Waals surface area contributed by atoms with E-state index in [1.165, 1.54) is 0 Å². The van der Waals surface area contributed by atoms with Gasteiger partial charge in [0.05, 0.1) is 4.92 Å². The van der Waals surface area contributed by atoms with Gasteiger partial charge in [0, 0.05) is 18.8 Å². The Labute approximate surface area is 111 Å². The van der Waals surface area contributed by atoms with Gasteiger partial charge >= 0.3 is 5.69 Å². The molecule has 0 atom stereocenters. The van der Waals surface area contributed by atoms with Crippen molar-refractivity contribution in [3.63, 3.8) is 0 Å². The second kappa shape index (κ2) is 6.43. The molecule has 1 heterocycles. The molecule has 9 heteroatoms. The number of nitrogens with one attached hydrogen (secondary N) is 1. The van der Waals surface area contributed by atoms with Crippen LogP contribution in [0.3, 0.4) is 0 Å². The van der Waals surface area contributed by atoms with Crippen molar-refractivity contribution in [1.82, 2.24) is 9.71 Å². The molecule has 0 saturated heterocycles. The minimum atomic E-state index is -3.79. The first kappa shape index (κ1) is 15.3. The third kappa shape index (κ3) is 4.14. The number of nitrogens with zero attached hydrogens (tertiary/aromatic N) is 2. The van der Waals surface area contributed by atoms with Crippen molar-refractivity contribution in [3.05, 3.63) is 22.4 Å². The van der Waals surface area contributed by atoms with Crippen LogP contribution in [0.1, 0.15) is 26.2 Å². The van der Waals surface area contributed by atoms with Gasteiger partial charge in [0.1, 0.15) is 4.90 Å². The van der Waals surface area contributed by atoms with Crippen LogP contribution in [0.15, 0.2) is 17.2 Å². The molecule has 0 aliphatic rings. The Morgan fingerprint density at radius 2 is 2.16 bits per heavy atom. The fraction of sp³-hybridized carbons (Fsp3) is 0.500. The van der Waals surface area contributed by atoms with Gasteiger partial charge in [0.15, 0.2) is 0 Å². The summed E-state index contributed by atoms with van der Waals surface area (Å²) in [6.45, 7) is 2.29. The monoisotopic (exact) mass is 288 g/mol. The Hall–Kier alpha value is -1.74. The van der Waals surface area contributed by atoms with Crippen LogP contribution in [0.4, 0.5) is 11.5 Å². The lowest BCUT2D eigenvalue weighted by atomic mass is 10.3. The molecule has 0 radical (unpaired) electrons. The molecular weight excluding hydrogens is 272 g/mol. The number of nitro groups is 1. The summed E-state index contributed by atoms with van der Waals surface area (Å²) in [5.41, 5.74) is 4.79. The highest BCUT2D eigenvalue weighted by Crippen LogP contribution is 2.21. The Morgan fingerprint density at radius 1 is 1.47 bits per heavy atom. The summed E-state index contributed by atoms with van der Waals surface area (Å²) in [6, 6.07) is 0.907. The average Bonchev–Trinajstić information content (AvgIpc) is 2.34. The zero-order valence-corrected chi connectivity index (χ0v) is 11.3. The summed E-state index contributed by atoms with van der Waals surface area (Å²) < 4.78 is 26.1. The quantitative estimate of drug-likeness (QED) is 0.438. The molecule has 1 aromatic heterocycles. The molecule has 0 aliphatic heterocycles. The molecule has 0 saturated carbocycles. The standard InChI is InChI=1S/C10H16N4O4S/c1-2-3-4-5-13-19(17,18)8-6-9(14(15)16)10(11)12-7-8/h6-7,13H,2-5H2,1H3,(H2,11,12). The van der Waals surface area contributed by atoms with Crippen molar-refractivity contribution in [3.8, 4) is 0 Å². The van der Waals surface area contributed by atoms with Crippen LogP contribution >= 0.6 is 0 Å². The molecular formula is C10H16N4O4S. The fourth-order valence-corrected chi connectivity index (χ4v) is 2.44. The van der Waals surface area contributed by atoms with Crippen molar-refractivity contribution in [1.29, 1.82) is 0 Å². The van der Waals surface area contributed by atoms with E-state index in [2.05, 4.69) is 9.71 Å². The minimum absolute atomic E-state index is 0.259. The Morgan fingerprint density at radius 3 is 2.74 bits per heavy atom. The van der Waals surface area contributed by atoms with Gasteiger partial charge in [0.25, 0.3) is 0 Å². The van der Waals surface area contributed by atoms with Crippen LogP contribution in [0, 0.1) is 10.1 Å². The lowest BCUT2D eigenvalue weighted by Gasteiger charge is -2.06. The summed E-state index contributed by atoms with van der Waals surface area (Å²) >= 11 is 0. The normalized spacial score (nSPS) is 11.4. The van der Waals surface area contributed by atoms with E-state index >= 15 is 0 Å². The maximum atomic E-state index is 11.9. The van der Waals surface area contributed by atoms with Crippen LogP contribution in [-0.2, 0) is 10.0 Å². The number of unbranched alkanes of at least 4 members (excludes halogenated alkanes) is 2. The Kier molecular flexibility index (Phi) is 5.19. The van der Waals surface area contributed by atoms with Gasteiger partial charge in [-0.2, -0.15) is 0 Å². The summed E-state index contributed by atoms with van der Waals surface area (Å²) in [5.74, 6) is -0.310. The van der Waals surface area contributed by atoms with E-state index in [0.29, 0.717) is 6.42 Å². The number of rotatable bonds is 7. The van der Waals surface area contributed by atoms with Crippen molar-refractivity contribution in [2.75, 3.05) is 12.3 Å². The number of pyridine rings is 1. The van der Waals surface area contributed by atoms with Gasteiger partial charge in [-0.25, -0.2) is 18.1 Å². The molecule has 1 rings (SSSR count). The number of aromatic nitrogens is 1. The van der Waals surface area contributed by atoms with Crippen molar-refractivity contribution >= 4 is 21.5 Å². The molecule has 1 aromatic rings. The number of hydrogen-bond acceptors (Lipinski definition) is 6. The SMILES string of the molecule is CCCCCNS(=O)(=O)c1cnc(N)c([N+](=O)[O-])c1. The highest BCUT2D eigenvalue weighted by molar-refractivity contribution is 7.89. The Balaban J connectivity index is 2.89. The lowest BCUT2D eigenvalue weighted by Crippen LogP contribution is -2.25. The predicted octanol–water partition coefficient (Wildman–Crippen LogP) is 1.04. The van der Waals surface area contributed by atoms with Crippen LogP contribution in [0.5, 0.6) is 0 Å². The summed E-state index contributed by atoms with van der Waals surface area (Å²) in [7, 11) is -3.79. The van der Waals surface area contributed by atoms with Gasteiger partial charge in [-0.05, 0) is 6.42 Å². The summed E-state index contributed by atoms with van der Waals surface area (Å²) in [5, 5.41) is 10.7. The van der Waals surface area contributed by atoms with Crippen molar-refractivity contribution in [2.24, 2.45) is 0 Å². The zero-order chi connectivity index (χ0) is 14.5. The van der Waals surface area contributed by atoms with Crippen molar-refractivity contribution in [2.45, 2.75) is 31.1 Å². The molecule has 106 valence electrons. The number of nitrogens with two attached hydrogens (primary N) is 1. The largest absolute Gasteiger partial charge is 0.378 e. The first-order valence-electron chi connectivity index (χ1n) is 5.78. The minimum Gasteiger partial charge on any atom is -0.378 e. The first-order chi connectivity index (χ1) is 8.88. The van der Waals surface area contributed by atoms with E-state index in [-0.39, 0.29) is 17.3 Å². The zero-order valence-electron chi connectivity index (χ0n) is 10.5. The summed E-state index contributed by atoms with van der Waals surface area (Å²) in [4.78, 5) is 13.2. The average molecular weight is 288 g/mol. The molecule has 0 aromatic carbocycles. The smallest absolute Gasteiger partial charge is 0.312 e. The van der Waals surface area contributed by atoms with E-state index < -0.39 is 20.6 Å². The van der Waals surface area contributed by atoms with E-state index in [0.717, 1.165) is 25.1 Å². The molecule has 0 aliphatic carbocycles. The van der Waals surface area contributed by atoms with Crippen LogP contribution in [0.2, 0.25) is 0 Å². The molecule has 0 amide bonds. The third-order valence-electron chi connectivity index (χ3n) is 2.45. The molecule has 19 heavy (non-hydrogen) atoms. The lowest BCUT2D eigenvalue weighted by molar-refractivity contribution is -0.384. The molecule has 3 N–H and O–H groups in total. The third-order valence-corrected chi connectivity index (χ3v) is 3.88. The summed E-state index contributed by atoms with van der Waals surface area (Å²) in [6.07, 6.45) is 3.59. The van der Waals surface area contributed by atoms with E-state index in [9.17, 15) is 18.5 Å². The maximum Gasteiger partial charge on any atom is 0.312 e. The molecule has 0 bridgehead atoms. The van der Waals surface area contributed by atoms with Crippen LogP contribution in [0.25, 0.3) is 0 Å². The highest BCUT2D eigenvalue weighted by atomic mass is 32.2. The van der Waals surface area contributed by atoms with Gasteiger partial charge in [-0.3, -0.25) is 10.1 Å². The Bertz CT molecular complexity index is 559. The van der Waals surface area contributed by atoms with Crippen LogP contribution < -0.4 is 10.5 Å². The number of hydrogen-bond donors (Lipinski definition) is 2. The predicted molar refractivity (Wildman–Crippen MR) is 70.0 cm³/mol. The van der Waals surface area contributed by atoms with Gasteiger partial charge in [0.2, 0.25) is 15.8 Å². The highest BCUT2D eigenvalue weighted by Gasteiger charge is 2.20. The number of sulfonamides is 1. The van der Waals surface area contributed by atoms with Gasteiger partial charge < -0.3 is 5.73 Å². The molecule has 0 spiro atoms. The van der Waals surface area contributed by atoms with E-state index in [1.807, 2.05) is 6.92 Å². The van der Waals surface area contributed by atoms with E-state index in [1.54, 1.807) is 0 Å². The topological polar surface area (TPSA) is 128 Å². The second-order valence-electron chi connectivity index (χ2n) is 3.94. The van der Waals surface area contributed by atoms with Crippen molar-refractivity contribution < 1.29 is 13.3 Å². The first-order valence-corrected chi connectivity index (χ1v) is 7.26. The van der Waals surface area contributed by atoms with Gasteiger partial charge in [-0.1, -0.05) is 19.8 Å². The maximum absolute atomic E-state index is 11.9. The van der Waals surface area contributed by atoms with Crippen LogP contribution in [-0.4, -0.2) is 24.9 Å². The van der Waals surface area contributed by atoms with Gasteiger partial charge in [-0.15, -0.1) is 0 Å². The molecule has 0 unspecified atom stereocenters. The second-order valence-corrected chi connectivity index (χ2v) is 5.70. The fourth-order valence-electron chi connectivity index (χ4n) is 1.40. The number of anilines is 1. The van der Waals surface area contributed by atoms with E-state index in [4.69, 9.17) is 5.73 Å². The molecule has 8 nitrogen and oxygen atoms in total.